The summed E-state index contributed by atoms with van der Waals surface area (Å²) in [6, 6.07) is 7.52. The van der Waals surface area contributed by atoms with Gasteiger partial charge < -0.3 is 15.4 Å². The summed E-state index contributed by atoms with van der Waals surface area (Å²) in [5.74, 6) is 0.126. The van der Waals surface area contributed by atoms with Crippen molar-refractivity contribution >= 4 is 17.4 Å². The quantitative estimate of drug-likeness (QED) is 0.738. The first kappa shape index (κ1) is 22.3. The second-order valence-corrected chi connectivity index (χ2v) is 7.99. The van der Waals surface area contributed by atoms with Crippen molar-refractivity contribution < 1.29 is 9.53 Å². The Morgan fingerprint density at radius 2 is 1.90 bits per heavy atom. The molecular formula is C21H30N4O4. The van der Waals surface area contributed by atoms with Crippen molar-refractivity contribution in [2.45, 2.75) is 52.5 Å². The number of amides is 1. The van der Waals surface area contributed by atoms with Gasteiger partial charge in [0, 0.05) is 13.6 Å². The number of likely N-dealkylation sites (N-methyl/N-ethyl adjacent to an activating group) is 1. The number of unbranched alkanes of at least 4 members (excludes halogenated alkanes) is 1. The third kappa shape index (κ3) is 5.07. The number of para-hydroxylation sites is 1. The number of ether oxygens (including phenoxy) is 1. The third-order valence-electron chi connectivity index (χ3n) is 4.71. The van der Waals surface area contributed by atoms with E-state index >= 15 is 0 Å². The maximum Gasteiger partial charge on any atom is 0.330 e. The van der Waals surface area contributed by atoms with E-state index in [9.17, 15) is 14.4 Å². The lowest BCUT2D eigenvalue weighted by molar-refractivity contribution is -0.120. The fraction of sp³-hybridized carbons (Fsp3) is 0.476. The van der Waals surface area contributed by atoms with E-state index in [-0.39, 0.29) is 23.5 Å². The number of rotatable bonds is 7. The lowest BCUT2D eigenvalue weighted by atomic mass is 9.86. The number of aromatic nitrogens is 2. The van der Waals surface area contributed by atoms with Gasteiger partial charge in [-0.2, -0.15) is 0 Å². The Morgan fingerprint density at radius 3 is 2.52 bits per heavy atom. The molecule has 0 unspecified atom stereocenters. The molecule has 0 fully saturated rings. The van der Waals surface area contributed by atoms with Crippen LogP contribution in [0, 0.1) is 0 Å². The topological polar surface area (TPSA) is 110 Å². The zero-order valence-corrected chi connectivity index (χ0v) is 17.7. The molecule has 2 rings (SSSR count). The van der Waals surface area contributed by atoms with Crippen molar-refractivity contribution in [2.24, 2.45) is 0 Å². The van der Waals surface area contributed by atoms with Crippen molar-refractivity contribution in [3.05, 3.63) is 50.7 Å². The Kier molecular flexibility index (Phi) is 6.89. The van der Waals surface area contributed by atoms with Crippen LogP contribution in [-0.2, 0) is 16.8 Å². The summed E-state index contributed by atoms with van der Waals surface area (Å²) >= 11 is 0. The Balaban J connectivity index is 2.26. The Labute approximate surface area is 170 Å². The van der Waals surface area contributed by atoms with Gasteiger partial charge in [0.15, 0.2) is 12.3 Å². The summed E-state index contributed by atoms with van der Waals surface area (Å²) in [6.45, 7) is 8.25. The summed E-state index contributed by atoms with van der Waals surface area (Å²) in [4.78, 5) is 40.4. The van der Waals surface area contributed by atoms with Gasteiger partial charge in [0.05, 0.1) is 0 Å². The second kappa shape index (κ2) is 8.98. The van der Waals surface area contributed by atoms with Crippen LogP contribution in [0.25, 0.3) is 0 Å². The molecule has 0 atom stereocenters. The molecule has 0 spiro atoms. The van der Waals surface area contributed by atoms with Gasteiger partial charge in [0.25, 0.3) is 11.5 Å². The summed E-state index contributed by atoms with van der Waals surface area (Å²) < 4.78 is 7.03. The molecule has 0 aliphatic heterocycles. The van der Waals surface area contributed by atoms with Crippen LogP contribution in [0.2, 0.25) is 0 Å². The molecule has 0 aliphatic carbocycles. The molecular weight excluding hydrogens is 372 g/mol. The minimum Gasteiger partial charge on any atom is -0.483 e. The monoisotopic (exact) mass is 402 g/mol. The predicted octanol–water partition coefficient (Wildman–Crippen LogP) is 2.26. The lowest BCUT2D eigenvalue weighted by Crippen LogP contribution is -2.41. The highest BCUT2D eigenvalue weighted by Crippen LogP contribution is 2.31. The minimum atomic E-state index is -0.703. The molecule has 1 aromatic heterocycles. The summed E-state index contributed by atoms with van der Waals surface area (Å²) in [5, 5.41) is 0. The first-order valence-corrected chi connectivity index (χ1v) is 9.69. The van der Waals surface area contributed by atoms with E-state index < -0.39 is 17.2 Å². The standard InChI is InChI=1S/C21H30N4O4/c1-6-7-12-25-18(22)17(19(27)23-20(25)28)24(5)16(26)13-29-15-11-9-8-10-14(15)21(2,3)4/h8-11H,6-7,12-13,22H2,1-5H3,(H,23,27,28). The molecule has 1 aromatic carbocycles. The minimum absolute atomic E-state index is 0.0295. The number of nitrogens with zero attached hydrogens (tertiary/aromatic N) is 2. The number of carbonyl (C=O) groups excluding carboxylic acids is 1. The maximum absolute atomic E-state index is 12.7. The van der Waals surface area contributed by atoms with Crippen LogP contribution in [0.15, 0.2) is 33.9 Å². The van der Waals surface area contributed by atoms with Crippen molar-refractivity contribution in [1.29, 1.82) is 0 Å². The molecule has 0 bridgehead atoms. The van der Waals surface area contributed by atoms with Gasteiger partial charge in [-0.15, -0.1) is 0 Å². The molecule has 2 aromatic rings. The van der Waals surface area contributed by atoms with Crippen LogP contribution in [0.3, 0.4) is 0 Å². The van der Waals surface area contributed by atoms with Gasteiger partial charge in [-0.1, -0.05) is 52.3 Å². The number of aromatic amines is 1. The summed E-state index contributed by atoms with van der Waals surface area (Å²) in [6.07, 6.45) is 1.58. The largest absolute Gasteiger partial charge is 0.483 e. The Morgan fingerprint density at radius 1 is 1.24 bits per heavy atom. The van der Waals surface area contributed by atoms with Crippen LogP contribution >= 0.6 is 0 Å². The zero-order chi connectivity index (χ0) is 21.8. The number of hydrogen-bond donors (Lipinski definition) is 2. The highest BCUT2D eigenvalue weighted by atomic mass is 16.5. The highest BCUT2D eigenvalue weighted by molar-refractivity contribution is 5.96. The third-order valence-corrected chi connectivity index (χ3v) is 4.71. The van der Waals surface area contributed by atoms with Crippen molar-refractivity contribution in [3.8, 4) is 5.75 Å². The van der Waals surface area contributed by atoms with E-state index in [1.54, 1.807) is 6.07 Å². The highest BCUT2D eigenvalue weighted by Gasteiger charge is 2.23. The van der Waals surface area contributed by atoms with Gasteiger partial charge >= 0.3 is 5.69 Å². The average molecular weight is 402 g/mol. The van der Waals surface area contributed by atoms with Gasteiger partial charge in [-0.3, -0.25) is 19.1 Å². The van der Waals surface area contributed by atoms with E-state index in [0.717, 1.165) is 23.3 Å². The first-order valence-electron chi connectivity index (χ1n) is 9.69. The molecule has 0 saturated heterocycles. The second-order valence-electron chi connectivity index (χ2n) is 7.99. The van der Waals surface area contributed by atoms with Crippen molar-refractivity contribution in [3.63, 3.8) is 0 Å². The SMILES string of the molecule is CCCCn1c(N)c(N(C)C(=O)COc2ccccc2C(C)(C)C)c(=O)[nH]c1=O. The van der Waals surface area contributed by atoms with Crippen molar-refractivity contribution in [2.75, 3.05) is 24.3 Å². The van der Waals surface area contributed by atoms with Crippen LogP contribution in [0.4, 0.5) is 11.5 Å². The van der Waals surface area contributed by atoms with Crippen molar-refractivity contribution in [1.82, 2.24) is 9.55 Å². The normalized spacial score (nSPS) is 11.3. The number of nitrogens with one attached hydrogen (secondary N) is 1. The molecule has 0 aliphatic rings. The van der Waals surface area contributed by atoms with Crippen LogP contribution in [0.5, 0.6) is 5.75 Å². The number of carbonyl (C=O) groups is 1. The summed E-state index contributed by atoms with van der Waals surface area (Å²) in [5.41, 5.74) is 5.54. The number of nitrogen functional groups attached to an aromatic ring is 1. The number of hydrogen-bond acceptors (Lipinski definition) is 5. The van der Waals surface area contributed by atoms with Crippen LogP contribution < -0.4 is 26.6 Å². The molecule has 158 valence electrons. The van der Waals surface area contributed by atoms with Crippen LogP contribution in [-0.4, -0.2) is 29.1 Å². The molecule has 8 heteroatoms. The molecule has 0 saturated carbocycles. The number of nitrogens with two attached hydrogens (primary N) is 1. The maximum atomic E-state index is 12.7. The number of benzene rings is 1. The van der Waals surface area contributed by atoms with E-state index in [0.29, 0.717) is 12.3 Å². The predicted molar refractivity (Wildman–Crippen MR) is 115 cm³/mol. The van der Waals surface area contributed by atoms with Gasteiger partial charge in [0.2, 0.25) is 0 Å². The number of anilines is 2. The van der Waals surface area contributed by atoms with E-state index in [1.165, 1.54) is 11.6 Å². The molecule has 3 N–H and O–H groups in total. The van der Waals surface area contributed by atoms with Gasteiger partial charge in [-0.05, 0) is 23.5 Å². The molecule has 29 heavy (non-hydrogen) atoms. The van der Waals surface area contributed by atoms with Gasteiger partial charge in [0.1, 0.15) is 11.6 Å². The van der Waals surface area contributed by atoms with Gasteiger partial charge in [-0.25, -0.2) is 4.79 Å². The molecule has 1 amide bonds. The smallest absolute Gasteiger partial charge is 0.330 e. The molecule has 8 nitrogen and oxygen atoms in total. The lowest BCUT2D eigenvalue weighted by Gasteiger charge is -2.24. The fourth-order valence-corrected chi connectivity index (χ4v) is 3.01. The average Bonchev–Trinajstić information content (AvgIpc) is 2.65. The number of H-pyrrole nitrogens is 1. The van der Waals surface area contributed by atoms with E-state index in [2.05, 4.69) is 25.8 Å². The fourth-order valence-electron chi connectivity index (χ4n) is 3.01. The zero-order valence-electron chi connectivity index (χ0n) is 17.7. The van der Waals surface area contributed by atoms with E-state index in [4.69, 9.17) is 10.5 Å². The Hall–Kier alpha value is -3.03. The molecule has 0 radical (unpaired) electrons. The molecule has 1 heterocycles. The van der Waals surface area contributed by atoms with E-state index in [1.807, 2.05) is 25.1 Å². The first-order chi connectivity index (χ1) is 13.6. The van der Waals surface area contributed by atoms with Crippen LogP contribution in [0.1, 0.15) is 46.1 Å². The summed E-state index contributed by atoms with van der Waals surface area (Å²) in [7, 11) is 1.44. The Bertz CT molecular complexity index is 985.